The first kappa shape index (κ1) is 18.7. The number of nitrogens with zero attached hydrogens (tertiary/aromatic N) is 1. The number of benzene rings is 1. The van der Waals surface area contributed by atoms with Gasteiger partial charge in [0.25, 0.3) is 5.91 Å². The van der Waals surface area contributed by atoms with Crippen LogP contribution >= 0.6 is 11.6 Å². The van der Waals surface area contributed by atoms with E-state index in [1.165, 1.54) is 5.56 Å². The van der Waals surface area contributed by atoms with E-state index < -0.39 is 6.10 Å². The minimum atomic E-state index is -1.07. The quantitative estimate of drug-likeness (QED) is 0.705. The van der Waals surface area contributed by atoms with Crippen molar-refractivity contribution in [1.29, 1.82) is 0 Å². The molecule has 26 heavy (non-hydrogen) atoms. The molecule has 0 bridgehead atoms. The molecule has 3 N–H and O–H groups in total. The lowest BCUT2D eigenvalue weighted by Crippen LogP contribution is -2.43. The summed E-state index contributed by atoms with van der Waals surface area (Å²) in [5.41, 5.74) is 4.17. The second-order valence-corrected chi connectivity index (χ2v) is 6.94. The Morgan fingerprint density at radius 1 is 1.46 bits per heavy atom. The fourth-order valence-electron chi connectivity index (χ4n) is 3.37. The lowest BCUT2D eigenvalue weighted by molar-refractivity contribution is -0.129. The van der Waals surface area contributed by atoms with E-state index in [9.17, 15) is 9.90 Å². The third kappa shape index (κ3) is 4.01. The molecule has 6 heteroatoms. The molecule has 3 rings (SSSR count). The number of aromatic nitrogens is 1. The Balaban J connectivity index is 1.65. The van der Waals surface area contributed by atoms with Gasteiger partial charge in [-0.15, -0.1) is 0 Å². The Hall–Kier alpha value is -2.08. The average Bonchev–Trinajstić information content (AvgIpc) is 2.98. The fourth-order valence-corrected chi connectivity index (χ4v) is 3.54. The Bertz CT molecular complexity index is 869. The van der Waals surface area contributed by atoms with E-state index in [-0.39, 0.29) is 5.91 Å². The van der Waals surface area contributed by atoms with Crippen LogP contribution in [0.1, 0.15) is 25.1 Å². The molecular weight excluding hydrogens is 350 g/mol. The van der Waals surface area contributed by atoms with Gasteiger partial charge in [-0.1, -0.05) is 23.8 Å². The number of aromatic amines is 1. The average molecular weight is 374 g/mol. The molecule has 2 heterocycles. The number of nitrogens with one attached hydrogen (secondary N) is 2. The van der Waals surface area contributed by atoms with Gasteiger partial charge in [0, 0.05) is 47.0 Å². The van der Waals surface area contributed by atoms with Gasteiger partial charge in [-0.05, 0) is 50.1 Å². The molecule has 0 radical (unpaired) electrons. The van der Waals surface area contributed by atoms with Crippen LogP contribution in [-0.2, 0) is 17.8 Å². The van der Waals surface area contributed by atoms with Crippen LogP contribution < -0.4 is 5.32 Å². The molecule has 0 saturated heterocycles. The summed E-state index contributed by atoms with van der Waals surface area (Å²) in [6.07, 6.45) is 5.23. The van der Waals surface area contributed by atoms with Gasteiger partial charge in [0.1, 0.15) is 6.10 Å². The lowest BCUT2D eigenvalue weighted by atomic mass is 10.0. The molecule has 1 aromatic carbocycles. The number of allylic oxidation sites excluding steroid dienone is 3. The SMILES string of the molecule is C/C=C\C(=C/C)NC(=O)C(O)CN1CCc2c([nH]c3ccc(Cl)cc23)C1. The van der Waals surface area contributed by atoms with Crippen molar-refractivity contribution in [3.05, 3.63) is 58.4 Å². The van der Waals surface area contributed by atoms with Crippen LogP contribution in [0, 0.1) is 0 Å². The zero-order chi connectivity index (χ0) is 18.7. The summed E-state index contributed by atoms with van der Waals surface area (Å²) in [7, 11) is 0. The van der Waals surface area contributed by atoms with Gasteiger partial charge in [-0.2, -0.15) is 0 Å². The second-order valence-electron chi connectivity index (χ2n) is 6.51. The van der Waals surface area contributed by atoms with E-state index >= 15 is 0 Å². The number of carbonyl (C=O) groups excluding carboxylic acids is 1. The summed E-state index contributed by atoms with van der Waals surface area (Å²) in [6, 6.07) is 5.85. The Morgan fingerprint density at radius 2 is 2.27 bits per heavy atom. The van der Waals surface area contributed by atoms with Gasteiger partial charge < -0.3 is 15.4 Å². The van der Waals surface area contributed by atoms with Crippen molar-refractivity contribution in [2.75, 3.05) is 13.1 Å². The lowest BCUT2D eigenvalue weighted by Gasteiger charge is -2.28. The minimum Gasteiger partial charge on any atom is -0.382 e. The number of rotatable bonds is 5. The van der Waals surface area contributed by atoms with Gasteiger partial charge in [0.15, 0.2) is 0 Å². The minimum absolute atomic E-state index is 0.300. The summed E-state index contributed by atoms with van der Waals surface area (Å²) in [4.78, 5) is 17.7. The van der Waals surface area contributed by atoms with Crippen molar-refractivity contribution >= 4 is 28.4 Å². The third-order valence-corrected chi connectivity index (χ3v) is 4.91. The van der Waals surface area contributed by atoms with Gasteiger partial charge in [0.05, 0.1) is 0 Å². The molecule has 1 aliphatic heterocycles. The van der Waals surface area contributed by atoms with Gasteiger partial charge >= 0.3 is 0 Å². The zero-order valence-electron chi connectivity index (χ0n) is 15.1. The molecule has 0 spiro atoms. The molecule has 5 nitrogen and oxygen atoms in total. The number of fused-ring (bicyclic) bond motifs is 3. The largest absolute Gasteiger partial charge is 0.382 e. The van der Waals surface area contributed by atoms with Gasteiger partial charge in [-0.25, -0.2) is 0 Å². The summed E-state index contributed by atoms with van der Waals surface area (Å²) >= 11 is 6.12. The number of aliphatic hydroxyl groups is 1. The topological polar surface area (TPSA) is 68.4 Å². The highest BCUT2D eigenvalue weighted by atomic mass is 35.5. The first-order valence-corrected chi connectivity index (χ1v) is 9.19. The standard InChI is InChI=1S/C20H24ClN3O2/c1-3-5-14(4-2)22-20(26)19(25)12-24-9-8-15-16-10-13(21)6-7-17(16)23-18(15)11-24/h3-7,10,19,23,25H,8-9,11-12H2,1-2H3,(H,22,26)/b5-3-,14-4+. The first-order chi connectivity index (χ1) is 12.5. The smallest absolute Gasteiger partial charge is 0.254 e. The van der Waals surface area contributed by atoms with Gasteiger partial charge in [0.2, 0.25) is 0 Å². The number of hydrogen-bond acceptors (Lipinski definition) is 3. The normalized spacial score (nSPS) is 16.8. The maximum Gasteiger partial charge on any atom is 0.254 e. The van der Waals surface area contributed by atoms with E-state index in [1.807, 2.05) is 38.1 Å². The number of H-pyrrole nitrogens is 1. The number of β-amino-alcohol motifs (C(OH)–C–C–N with tert-alkyl or cyclic N) is 1. The summed E-state index contributed by atoms with van der Waals surface area (Å²) in [5, 5.41) is 14.9. The molecule has 0 fully saturated rings. The molecule has 1 atom stereocenters. The Labute approximate surface area is 158 Å². The number of aliphatic hydroxyl groups excluding tert-OH is 1. The summed E-state index contributed by atoms with van der Waals surface area (Å²) in [6.45, 7) is 5.49. The highest BCUT2D eigenvalue weighted by Crippen LogP contribution is 2.29. The first-order valence-electron chi connectivity index (χ1n) is 8.81. The van der Waals surface area contributed by atoms with Crippen LogP contribution in [0.5, 0.6) is 0 Å². The third-order valence-electron chi connectivity index (χ3n) is 4.67. The maximum atomic E-state index is 12.2. The molecule has 138 valence electrons. The van der Waals surface area contributed by atoms with E-state index in [4.69, 9.17) is 11.6 Å². The van der Waals surface area contributed by atoms with Crippen LogP contribution in [0.4, 0.5) is 0 Å². The van der Waals surface area contributed by atoms with Crippen molar-refractivity contribution < 1.29 is 9.90 Å². The van der Waals surface area contributed by atoms with E-state index in [0.29, 0.717) is 18.8 Å². The molecule has 0 aliphatic carbocycles. The van der Waals surface area contributed by atoms with Crippen molar-refractivity contribution in [2.24, 2.45) is 0 Å². The summed E-state index contributed by atoms with van der Waals surface area (Å²) in [5.74, 6) is -0.384. The highest BCUT2D eigenvalue weighted by Gasteiger charge is 2.25. The maximum absolute atomic E-state index is 12.2. The number of carbonyl (C=O) groups is 1. The van der Waals surface area contributed by atoms with Crippen LogP contribution in [0.15, 0.2) is 42.1 Å². The molecule has 1 aliphatic rings. The Morgan fingerprint density at radius 3 is 3.00 bits per heavy atom. The predicted molar refractivity (Wildman–Crippen MR) is 105 cm³/mol. The Kier molecular flexibility index (Phi) is 5.81. The zero-order valence-corrected chi connectivity index (χ0v) is 15.8. The predicted octanol–water partition coefficient (Wildman–Crippen LogP) is 3.14. The van der Waals surface area contributed by atoms with E-state index in [2.05, 4.69) is 15.2 Å². The van der Waals surface area contributed by atoms with Crippen molar-refractivity contribution in [2.45, 2.75) is 32.9 Å². The van der Waals surface area contributed by atoms with Crippen LogP contribution in [0.2, 0.25) is 5.02 Å². The monoisotopic (exact) mass is 373 g/mol. The fraction of sp³-hybridized carbons (Fsp3) is 0.350. The molecule has 1 amide bonds. The van der Waals surface area contributed by atoms with Crippen molar-refractivity contribution in [3.8, 4) is 0 Å². The van der Waals surface area contributed by atoms with E-state index in [1.54, 1.807) is 12.2 Å². The molecule has 1 aromatic heterocycles. The number of hydrogen-bond donors (Lipinski definition) is 3. The van der Waals surface area contributed by atoms with Crippen molar-refractivity contribution in [1.82, 2.24) is 15.2 Å². The van der Waals surface area contributed by atoms with Crippen LogP contribution in [0.3, 0.4) is 0 Å². The van der Waals surface area contributed by atoms with Crippen LogP contribution in [-0.4, -0.2) is 40.1 Å². The molecular formula is C20H24ClN3O2. The number of amides is 1. The highest BCUT2D eigenvalue weighted by molar-refractivity contribution is 6.31. The second kappa shape index (κ2) is 8.08. The molecule has 1 unspecified atom stereocenters. The van der Waals surface area contributed by atoms with E-state index in [0.717, 1.165) is 34.6 Å². The van der Waals surface area contributed by atoms with Crippen LogP contribution in [0.25, 0.3) is 10.9 Å². The molecule has 0 saturated carbocycles. The molecule has 2 aromatic rings. The van der Waals surface area contributed by atoms with Crippen molar-refractivity contribution in [3.63, 3.8) is 0 Å². The van der Waals surface area contributed by atoms with Gasteiger partial charge in [-0.3, -0.25) is 9.69 Å². The summed E-state index contributed by atoms with van der Waals surface area (Å²) < 4.78 is 0. The number of halogens is 1.